The predicted molar refractivity (Wildman–Crippen MR) is 108 cm³/mol. The van der Waals surface area contributed by atoms with E-state index in [2.05, 4.69) is 41.4 Å². The van der Waals surface area contributed by atoms with Crippen molar-refractivity contribution >= 4 is 18.3 Å². The Bertz CT molecular complexity index is 730. The minimum absolute atomic E-state index is 0. The van der Waals surface area contributed by atoms with Crippen LogP contribution in [0.4, 0.5) is 0 Å². The number of amides is 1. The van der Waals surface area contributed by atoms with Crippen LogP contribution in [0.2, 0.25) is 0 Å². The van der Waals surface area contributed by atoms with Gasteiger partial charge in [0.1, 0.15) is 0 Å². The second-order valence-electron chi connectivity index (χ2n) is 7.23. The van der Waals surface area contributed by atoms with Crippen LogP contribution < -0.4 is 5.32 Å². The van der Waals surface area contributed by atoms with Crippen LogP contribution in [0.3, 0.4) is 0 Å². The zero-order valence-corrected chi connectivity index (χ0v) is 17.1. The number of aryl methyl sites for hydroxylation is 1. The maximum atomic E-state index is 12.5. The number of benzene rings is 1. The summed E-state index contributed by atoms with van der Waals surface area (Å²) in [6.45, 7) is 6.03. The molecule has 1 N–H and O–H groups in total. The highest BCUT2D eigenvalue weighted by Crippen LogP contribution is 2.21. The van der Waals surface area contributed by atoms with E-state index in [9.17, 15) is 4.79 Å². The van der Waals surface area contributed by atoms with Gasteiger partial charge in [-0.25, -0.2) is 0 Å². The molecule has 148 valence electrons. The molecule has 1 aliphatic heterocycles. The van der Waals surface area contributed by atoms with Crippen molar-refractivity contribution in [3.63, 3.8) is 0 Å². The predicted octanol–water partition coefficient (Wildman–Crippen LogP) is 3.42. The fourth-order valence-corrected chi connectivity index (χ4v) is 3.46. The summed E-state index contributed by atoms with van der Waals surface area (Å²) in [6, 6.07) is 8.53. The molecule has 1 amide bonds. The van der Waals surface area contributed by atoms with Gasteiger partial charge < -0.3 is 14.7 Å². The maximum Gasteiger partial charge on any atom is 0.227 e. The first-order valence-electron chi connectivity index (χ1n) is 9.45. The van der Waals surface area contributed by atoms with E-state index in [0.29, 0.717) is 36.5 Å². The number of likely N-dealkylation sites (tertiary alicyclic amines) is 1. The number of likely N-dealkylation sites (N-methyl/N-ethyl adjacent to an activating group) is 1. The smallest absolute Gasteiger partial charge is 0.227 e. The summed E-state index contributed by atoms with van der Waals surface area (Å²) in [5.74, 6) is 1.76. The molecule has 0 bridgehead atoms. The van der Waals surface area contributed by atoms with Crippen molar-refractivity contribution in [2.24, 2.45) is 0 Å². The fraction of sp³-hybridized carbons (Fsp3) is 0.550. The lowest BCUT2D eigenvalue weighted by molar-refractivity contribution is -0.132. The van der Waals surface area contributed by atoms with Gasteiger partial charge in [0, 0.05) is 37.5 Å². The molecule has 27 heavy (non-hydrogen) atoms. The van der Waals surface area contributed by atoms with Crippen molar-refractivity contribution in [3.05, 3.63) is 35.7 Å². The minimum Gasteiger partial charge on any atom is -0.339 e. The van der Waals surface area contributed by atoms with Gasteiger partial charge in [-0.05, 0) is 31.4 Å². The molecule has 2 heterocycles. The van der Waals surface area contributed by atoms with Gasteiger partial charge in [-0.1, -0.05) is 43.3 Å². The Morgan fingerprint density at radius 3 is 2.74 bits per heavy atom. The second-order valence-corrected chi connectivity index (χ2v) is 7.23. The van der Waals surface area contributed by atoms with Crippen LogP contribution in [0.15, 0.2) is 28.8 Å². The third kappa shape index (κ3) is 5.30. The van der Waals surface area contributed by atoms with E-state index in [1.807, 2.05) is 24.1 Å². The summed E-state index contributed by atoms with van der Waals surface area (Å²) >= 11 is 0. The third-order valence-corrected chi connectivity index (χ3v) is 4.99. The van der Waals surface area contributed by atoms with Crippen molar-refractivity contribution in [1.82, 2.24) is 20.4 Å². The van der Waals surface area contributed by atoms with Gasteiger partial charge in [-0.15, -0.1) is 12.4 Å². The minimum atomic E-state index is 0. The standard InChI is InChI=1S/C20H28N4O2.ClH/c1-14(2)15-6-8-16(9-7-15)20-22-18(26-23-20)10-11-19(25)24-12-4-5-17(24)13-21-3;/h6-9,14,17,21H,4-5,10-13H2,1-3H3;1H. The number of rotatable bonds is 7. The number of hydrogen-bond acceptors (Lipinski definition) is 5. The Labute approximate surface area is 167 Å². The zero-order valence-electron chi connectivity index (χ0n) is 16.3. The van der Waals surface area contributed by atoms with Crippen molar-refractivity contribution in [3.8, 4) is 11.4 Å². The molecule has 1 saturated heterocycles. The number of nitrogens with one attached hydrogen (secondary N) is 1. The largest absolute Gasteiger partial charge is 0.339 e. The lowest BCUT2D eigenvalue weighted by Gasteiger charge is -2.24. The molecule has 3 rings (SSSR count). The van der Waals surface area contributed by atoms with Gasteiger partial charge in [0.2, 0.25) is 17.6 Å². The first-order chi connectivity index (χ1) is 12.6. The quantitative estimate of drug-likeness (QED) is 0.781. The van der Waals surface area contributed by atoms with E-state index in [-0.39, 0.29) is 18.3 Å². The van der Waals surface area contributed by atoms with Crippen molar-refractivity contribution in [1.29, 1.82) is 0 Å². The van der Waals surface area contributed by atoms with E-state index in [4.69, 9.17) is 4.52 Å². The molecule has 0 saturated carbocycles. The van der Waals surface area contributed by atoms with E-state index in [1.165, 1.54) is 5.56 Å². The summed E-state index contributed by atoms with van der Waals surface area (Å²) in [5, 5.41) is 7.23. The summed E-state index contributed by atoms with van der Waals surface area (Å²) in [7, 11) is 1.93. The van der Waals surface area contributed by atoms with Crippen LogP contribution in [0, 0.1) is 0 Å². The third-order valence-electron chi connectivity index (χ3n) is 4.99. The van der Waals surface area contributed by atoms with Crippen LogP contribution in [-0.2, 0) is 11.2 Å². The molecule has 1 fully saturated rings. The first-order valence-corrected chi connectivity index (χ1v) is 9.45. The molecule has 7 heteroatoms. The molecular weight excluding hydrogens is 364 g/mol. The number of hydrogen-bond donors (Lipinski definition) is 1. The Morgan fingerprint density at radius 2 is 2.07 bits per heavy atom. The summed E-state index contributed by atoms with van der Waals surface area (Å²) in [6.07, 6.45) is 3.05. The highest BCUT2D eigenvalue weighted by molar-refractivity contribution is 5.85. The van der Waals surface area contributed by atoms with E-state index >= 15 is 0 Å². The highest BCUT2D eigenvalue weighted by Gasteiger charge is 2.28. The second kappa shape index (κ2) is 9.85. The topological polar surface area (TPSA) is 71.3 Å². The van der Waals surface area contributed by atoms with E-state index < -0.39 is 0 Å². The van der Waals surface area contributed by atoms with Gasteiger partial charge in [-0.3, -0.25) is 4.79 Å². The number of carbonyl (C=O) groups excluding carboxylic acids is 1. The first kappa shape index (κ1) is 21.4. The molecule has 0 spiro atoms. The van der Waals surface area contributed by atoms with Crippen LogP contribution in [0.25, 0.3) is 11.4 Å². The molecule has 1 aromatic heterocycles. The molecule has 1 aliphatic rings. The van der Waals surface area contributed by atoms with Gasteiger partial charge in [0.15, 0.2) is 0 Å². The number of halogens is 1. The average Bonchev–Trinajstić information content (AvgIpc) is 3.29. The van der Waals surface area contributed by atoms with Crippen LogP contribution >= 0.6 is 12.4 Å². The fourth-order valence-electron chi connectivity index (χ4n) is 3.46. The SMILES string of the molecule is CNCC1CCCN1C(=O)CCc1nc(-c2ccc(C(C)C)cc2)no1.Cl. The Hall–Kier alpha value is -1.92. The van der Waals surface area contributed by atoms with Gasteiger partial charge in [0.05, 0.1) is 0 Å². The molecule has 0 aliphatic carbocycles. The summed E-state index contributed by atoms with van der Waals surface area (Å²) in [5.41, 5.74) is 2.22. The highest BCUT2D eigenvalue weighted by atomic mass is 35.5. The Morgan fingerprint density at radius 1 is 1.33 bits per heavy atom. The lowest BCUT2D eigenvalue weighted by Crippen LogP contribution is -2.40. The Kier molecular flexibility index (Phi) is 7.80. The summed E-state index contributed by atoms with van der Waals surface area (Å²) < 4.78 is 5.34. The van der Waals surface area contributed by atoms with Gasteiger partial charge in [0.25, 0.3) is 0 Å². The average molecular weight is 393 g/mol. The summed E-state index contributed by atoms with van der Waals surface area (Å²) in [4.78, 5) is 18.9. The molecule has 1 aromatic carbocycles. The maximum absolute atomic E-state index is 12.5. The van der Waals surface area contributed by atoms with Crippen LogP contribution in [0.5, 0.6) is 0 Å². The molecule has 2 aromatic rings. The van der Waals surface area contributed by atoms with Crippen LogP contribution in [0.1, 0.15) is 50.5 Å². The lowest BCUT2D eigenvalue weighted by atomic mass is 10.0. The molecule has 6 nitrogen and oxygen atoms in total. The number of carbonyl (C=O) groups is 1. The van der Waals surface area contributed by atoms with E-state index in [1.54, 1.807) is 0 Å². The normalized spacial score (nSPS) is 16.6. The molecule has 1 atom stereocenters. The number of aromatic nitrogens is 2. The van der Waals surface area contributed by atoms with Gasteiger partial charge >= 0.3 is 0 Å². The van der Waals surface area contributed by atoms with Crippen LogP contribution in [-0.4, -0.2) is 47.1 Å². The van der Waals surface area contributed by atoms with Crippen molar-refractivity contribution < 1.29 is 9.32 Å². The van der Waals surface area contributed by atoms with Crippen molar-refractivity contribution in [2.75, 3.05) is 20.1 Å². The Balaban J connectivity index is 0.00000261. The molecule has 0 radical (unpaired) electrons. The van der Waals surface area contributed by atoms with Crippen molar-refractivity contribution in [2.45, 2.75) is 51.5 Å². The number of nitrogens with zero attached hydrogens (tertiary/aromatic N) is 3. The molecule has 1 unspecified atom stereocenters. The van der Waals surface area contributed by atoms with E-state index in [0.717, 1.165) is 31.5 Å². The monoisotopic (exact) mass is 392 g/mol. The zero-order chi connectivity index (χ0) is 18.5. The van der Waals surface area contributed by atoms with Gasteiger partial charge in [-0.2, -0.15) is 4.98 Å². The molecular formula is C20H29ClN4O2.